The smallest absolute Gasteiger partial charge is 0.163 e. The van der Waals surface area contributed by atoms with Gasteiger partial charge in [0, 0.05) is 11.6 Å². The zero-order valence-electron chi connectivity index (χ0n) is 17.4. The number of quaternary nitrogens is 1. The quantitative estimate of drug-likeness (QED) is 0.335. The Kier molecular flexibility index (Phi) is 4.91. The minimum Gasteiger partial charge on any atom is -0.261 e. The van der Waals surface area contributed by atoms with Crippen LogP contribution in [-0.2, 0) is 0 Å². The highest BCUT2D eigenvalue weighted by Gasteiger charge is 2.41. The Bertz CT molecular complexity index is 1070. The van der Waals surface area contributed by atoms with Gasteiger partial charge in [0.05, 0.1) is 31.1 Å². The van der Waals surface area contributed by atoms with E-state index in [1.807, 2.05) is 6.07 Å². The lowest BCUT2D eigenvalue weighted by Gasteiger charge is -2.28. The van der Waals surface area contributed by atoms with Gasteiger partial charge in [-0.15, -0.1) is 0 Å². The van der Waals surface area contributed by atoms with Gasteiger partial charge in [-0.2, -0.15) is 0 Å². The molecule has 1 aliphatic rings. The van der Waals surface area contributed by atoms with E-state index >= 15 is 0 Å². The maximum absolute atomic E-state index is 5.00. The molecule has 0 unspecified atom stereocenters. The minimum atomic E-state index is 0.751. The number of hydrogen-bond acceptors (Lipinski definition) is 1. The van der Waals surface area contributed by atoms with Crippen LogP contribution in [0.1, 0.15) is 38.7 Å². The number of unbranched alkanes of at least 4 members (excludes halogenated alkanes) is 1. The Balaban J connectivity index is 1.97. The molecule has 1 aliphatic heterocycles. The number of hydrogen-bond donors (Lipinski definition) is 0. The van der Waals surface area contributed by atoms with Crippen LogP contribution in [0.5, 0.6) is 0 Å². The largest absolute Gasteiger partial charge is 0.261 e. The second kappa shape index (κ2) is 7.37. The van der Waals surface area contributed by atoms with Crippen molar-refractivity contribution in [1.29, 1.82) is 0 Å². The normalized spacial score (nSPS) is 15.9. The number of para-hydroxylation sites is 1. The van der Waals surface area contributed by atoms with E-state index in [0.29, 0.717) is 0 Å². The van der Waals surface area contributed by atoms with Crippen LogP contribution in [-0.4, -0.2) is 19.8 Å². The van der Waals surface area contributed by atoms with Gasteiger partial charge in [-0.05, 0) is 48.7 Å². The third kappa shape index (κ3) is 3.08. The first-order valence-corrected chi connectivity index (χ1v) is 10.2. The number of aliphatic imine (C=N–C) groups is 1. The van der Waals surface area contributed by atoms with Gasteiger partial charge in [0.15, 0.2) is 5.70 Å². The maximum Gasteiger partial charge on any atom is 0.163 e. The molecular formula is C26H29N2+. The second-order valence-electron chi connectivity index (χ2n) is 8.10. The van der Waals surface area contributed by atoms with Crippen molar-refractivity contribution in [3.05, 3.63) is 78.0 Å². The molecule has 4 rings (SSSR count). The molecule has 0 fully saturated rings. The number of nitrogens with zero attached hydrogens (tertiary/aromatic N) is 2. The topological polar surface area (TPSA) is 12.4 Å². The summed E-state index contributed by atoms with van der Waals surface area (Å²) in [4.78, 5) is 5.00. The Morgan fingerprint density at radius 3 is 2.36 bits per heavy atom. The fraction of sp³-hybridized carbons (Fsp3) is 0.269. The molecule has 2 nitrogen and oxygen atoms in total. The lowest BCUT2D eigenvalue weighted by molar-refractivity contribution is 0.528. The second-order valence-corrected chi connectivity index (χ2v) is 8.10. The molecule has 0 amide bonds. The van der Waals surface area contributed by atoms with Crippen LogP contribution < -0.4 is 4.48 Å². The van der Waals surface area contributed by atoms with Crippen LogP contribution in [0.2, 0.25) is 0 Å². The molecule has 0 aromatic heterocycles. The van der Waals surface area contributed by atoms with Crippen LogP contribution in [0.25, 0.3) is 16.3 Å². The molecule has 0 spiro atoms. The molecular weight excluding hydrogens is 340 g/mol. The zero-order valence-corrected chi connectivity index (χ0v) is 17.4. The SMILES string of the molecule is CCCCC1=C(C(C)=Nc2ccccc2)[N+](C)(C)c2ccc3ccccc3c21. The molecule has 1 heterocycles. The van der Waals surface area contributed by atoms with E-state index in [1.165, 1.54) is 46.1 Å². The van der Waals surface area contributed by atoms with E-state index in [1.54, 1.807) is 0 Å². The highest BCUT2D eigenvalue weighted by Crippen LogP contribution is 2.48. The standard InChI is InChI=1S/C26H29N2/c1-5-6-15-23-25-22-16-11-10-12-20(22)17-18-24(25)28(3,4)26(23)19(2)27-21-13-8-7-9-14-21/h7-14,16-18H,5-6,15H2,1-4H3/q+1. The van der Waals surface area contributed by atoms with Crippen molar-refractivity contribution < 1.29 is 0 Å². The van der Waals surface area contributed by atoms with E-state index in [2.05, 4.69) is 88.6 Å². The average molecular weight is 370 g/mol. The molecule has 2 heteroatoms. The highest BCUT2D eigenvalue weighted by molar-refractivity contribution is 6.14. The summed E-state index contributed by atoms with van der Waals surface area (Å²) in [6.45, 7) is 4.44. The van der Waals surface area contributed by atoms with Gasteiger partial charge in [-0.25, -0.2) is 4.99 Å². The van der Waals surface area contributed by atoms with E-state index in [9.17, 15) is 0 Å². The molecule has 142 valence electrons. The fourth-order valence-corrected chi connectivity index (χ4v) is 4.59. The molecule has 3 aromatic carbocycles. The average Bonchev–Trinajstić information content (AvgIpc) is 2.94. The zero-order chi connectivity index (χ0) is 19.7. The van der Waals surface area contributed by atoms with Gasteiger partial charge >= 0.3 is 0 Å². The summed E-state index contributed by atoms with van der Waals surface area (Å²) in [6, 6.07) is 23.6. The summed E-state index contributed by atoms with van der Waals surface area (Å²) in [7, 11) is 4.60. The van der Waals surface area contributed by atoms with Gasteiger partial charge in [-0.3, -0.25) is 4.48 Å². The number of rotatable bonds is 5. The summed E-state index contributed by atoms with van der Waals surface area (Å²) < 4.78 is 0.751. The van der Waals surface area contributed by atoms with Crippen LogP contribution >= 0.6 is 0 Å². The van der Waals surface area contributed by atoms with Gasteiger partial charge in [0.1, 0.15) is 5.69 Å². The molecule has 0 aliphatic carbocycles. The maximum atomic E-state index is 5.00. The summed E-state index contributed by atoms with van der Waals surface area (Å²) in [5.41, 5.74) is 7.75. The molecule has 0 saturated heterocycles. The molecule has 0 bridgehead atoms. The van der Waals surface area contributed by atoms with E-state index < -0.39 is 0 Å². The first-order valence-electron chi connectivity index (χ1n) is 10.2. The van der Waals surface area contributed by atoms with Gasteiger partial charge in [0.25, 0.3) is 0 Å². The Labute approximate surface area is 168 Å². The van der Waals surface area contributed by atoms with Crippen LogP contribution in [0.3, 0.4) is 0 Å². The lowest BCUT2D eigenvalue weighted by atomic mass is 9.94. The Hall–Kier alpha value is -2.71. The summed E-state index contributed by atoms with van der Waals surface area (Å²) >= 11 is 0. The Morgan fingerprint density at radius 1 is 0.893 bits per heavy atom. The van der Waals surface area contributed by atoms with Crippen LogP contribution in [0, 0.1) is 0 Å². The third-order valence-electron chi connectivity index (χ3n) is 5.83. The van der Waals surface area contributed by atoms with Gasteiger partial charge in [-0.1, -0.05) is 55.8 Å². The monoisotopic (exact) mass is 369 g/mol. The van der Waals surface area contributed by atoms with E-state index in [0.717, 1.165) is 22.3 Å². The lowest BCUT2D eigenvalue weighted by Crippen LogP contribution is -2.40. The van der Waals surface area contributed by atoms with Crippen LogP contribution in [0.4, 0.5) is 11.4 Å². The predicted octanol–water partition coefficient (Wildman–Crippen LogP) is 7.11. The molecule has 0 atom stereocenters. The number of allylic oxidation sites excluding steroid dienone is 2. The van der Waals surface area contributed by atoms with Crippen molar-refractivity contribution in [2.45, 2.75) is 33.1 Å². The number of fused-ring (bicyclic) bond motifs is 3. The highest BCUT2D eigenvalue weighted by atomic mass is 15.3. The molecule has 3 aromatic rings. The fourth-order valence-electron chi connectivity index (χ4n) is 4.59. The van der Waals surface area contributed by atoms with Gasteiger partial charge < -0.3 is 0 Å². The van der Waals surface area contributed by atoms with Crippen molar-refractivity contribution >= 4 is 33.4 Å². The van der Waals surface area contributed by atoms with Crippen LogP contribution in [0.15, 0.2) is 77.4 Å². The third-order valence-corrected chi connectivity index (χ3v) is 5.83. The molecule has 0 N–H and O–H groups in total. The predicted molar refractivity (Wildman–Crippen MR) is 123 cm³/mol. The molecule has 0 saturated carbocycles. The first-order chi connectivity index (χ1) is 13.5. The Morgan fingerprint density at radius 2 is 1.61 bits per heavy atom. The molecule has 0 radical (unpaired) electrons. The summed E-state index contributed by atoms with van der Waals surface area (Å²) in [5, 5.41) is 2.67. The van der Waals surface area contributed by atoms with E-state index in [-0.39, 0.29) is 0 Å². The van der Waals surface area contributed by atoms with Gasteiger partial charge in [0.2, 0.25) is 0 Å². The molecule has 28 heavy (non-hydrogen) atoms. The van der Waals surface area contributed by atoms with E-state index in [4.69, 9.17) is 4.99 Å². The number of benzene rings is 3. The minimum absolute atomic E-state index is 0.751. The van der Waals surface area contributed by atoms with Crippen molar-refractivity contribution in [2.24, 2.45) is 4.99 Å². The van der Waals surface area contributed by atoms with Crippen molar-refractivity contribution in [2.75, 3.05) is 14.1 Å². The summed E-state index contributed by atoms with van der Waals surface area (Å²) in [6.07, 6.45) is 3.48. The first kappa shape index (κ1) is 18.6. The van der Waals surface area contributed by atoms with Crippen molar-refractivity contribution in [3.63, 3.8) is 0 Å². The van der Waals surface area contributed by atoms with Crippen molar-refractivity contribution in [3.8, 4) is 0 Å². The summed E-state index contributed by atoms with van der Waals surface area (Å²) in [5.74, 6) is 0. The van der Waals surface area contributed by atoms with Crippen molar-refractivity contribution in [1.82, 2.24) is 4.48 Å².